The van der Waals surface area contributed by atoms with Crippen LogP contribution < -0.4 is 5.73 Å². The molecule has 2 aromatic rings. The molecule has 2 atom stereocenters. The van der Waals surface area contributed by atoms with Crippen LogP contribution >= 0.6 is 12.4 Å². The van der Waals surface area contributed by atoms with Crippen molar-refractivity contribution in [3.8, 4) is 11.4 Å². The number of likely N-dealkylation sites (tertiary alicyclic amines) is 1. The third-order valence-corrected chi connectivity index (χ3v) is 3.92. The summed E-state index contributed by atoms with van der Waals surface area (Å²) in [5, 5.41) is 7.29. The molecule has 1 aromatic carbocycles. The molecule has 3 N–H and O–H groups in total. The second-order valence-electron chi connectivity index (χ2n) is 5.84. The van der Waals surface area contributed by atoms with E-state index in [4.69, 9.17) is 5.73 Å². The van der Waals surface area contributed by atoms with Gasteiger partial charge in [-0.25, -0.2) is 4.98 Å². The van der Waals surface area contributed by atoms with E-state index >= 15 is 0 Å². The van der Waals surface area contributed by atoms with Gasteiger partial charge >= 0.3 is 0 Å². The van der Waals surface area contributed by atoms with Crippen LogP contribution in [-0.4, -0.2) is 38.6 Å². The first-order chi connectivity index (χ1) is 10.6. The molecule has 1 aromatic heterocycles. The summed E-state index contributed by atoms with van der Waals surface area (Å²) in [5.41, 5.74) is 6.71. The fraction of sp³-hybridized carbons (Fsp3) is 0.438. The van der Waals surface area contributed by atoms with Crippen LogP contribution in [0.25, 0.3) is 11.4 Å². The van der Waals surface area contributed by atoms with Gasteiger partial charge in [0.1, 0.15) is 5.82 Å². The number of aromatic nitrogens is 3. The third-order valence-electron chi connectivity index (χ3n) is 3.92. The van der Waals surface area contributed by atoms with Gasteiger partial charge in [0, 0.05) is 24.6 Å². The van der Waals surface area contributed by atoms with Gasteiger partial charge in [0.15, 0.2) is 5.82 Å². The molecule has 23 heavy (non-hydrogen) atoms. The van der Waals surface area contributed by atoms with E-state index in [0.717, 1.165) is 30.8 Å². The minimum atomic E-state index is -0.122. The van der Waals surface area contributed by atoms with Gasteiger partial charge in [-0.3, -0.25) is 9.89 Å². The second kappa shape index (κ2) is 7.57. The van der Waals surface area contributed by atoms with Crippen LogP contribution in [0.4, 0.5) is 0 Å². The average molecular weight is 336 g/mol. The Morgan fingerprint density at radius 2 is 2.17 bits per heavy atom. The van der Waals surface area contributed by atoms with Crippen molar-refractivity contribution in [2.75, 3.05) is 6.54 Å². The maximum absolute atomic E-state index is 12.3. The Kier molecular flexibility index (Phi) is 5.74. The smallest absolute Gasteiger partial charge is 0.224 e. The minimum Gasteiger partial charge on any atom is -0.332 e. The van der Waals surface area contributed by atoms with Crippen molar-refractivity contribution in [1.82, 2.24) is 20.1 Å². The van der Waals surface area contributed by atoms with Crippen molar-refractivity contribution in [1.29, 1.82) is 0 Å². The van der Waals surface area contributed by atoms with Crippen molar-refractivity contribution in [3.63, 3.8) is 0 Å². The number of amides is 1. The highest BCUT2D eigenvalue weighted by Gasteiger charge is 2.32. The summed E-state index contributed by atoms with van der Waals surface area (Å²) in [6.07, 6.45) is 2.26. The molecule has 2 unspecified atom stereocenters. The lowest BCUT2D eigenvalue weighted by molar-refractivity contribution is -0.132. The van der Waals surface area contributed by atoms with Crippen LogP contribution in [0.2, 0.25) is 0 Å². The predicted molar refractivity (Wildman–Crippen MR) is 91.0 cm³/mol. The molecule has 0 saturated carbocycles. The number of carbonyl (C=O) groups excluding carboxylic acids is 1. The Labute approximate surface area is 141 Å². The molecule has 1 amide bonds. The molecule has 1 fully saturated rings. The van der Waals surface area contributed by atoms with Crippen molar-refractivity contribution >= 4 is 18.3 Å². The van der Waals surface area contributed by atoms with Crippen molar-refractivity contribution in [3.05, 3.63) is 36.2 Å². The number of hydrogen-bond donors (Lipinski definition) is 2. The van der Waals surface area contributed by atoms with E-state index in [9.17, 15) is 4.79 Å². The lowest BCUT2D eigenvalue weighted by Gasteiger charge is -2.23. The van der Waals surface area contributed by atoms with E-state index in [2.05, 4.69) is 15.2 Å². The Bertz CT molecular complexity index is 643. The van der Waals surface area contributed by atoms with Gasteiger partial charge in [-0.2, -0.15) is 5.10 Å². The number of rotatable bonds is 4. The number of nitrogens with zero attached hydrogens (tertiary/aromatic N) is 3. The number of nitrogens with one attached hydrogen (secondary N) is 1. The number of carbonyl (C=O) groups is 1. The molecule has 1 aliphatic rings. The normalized spacial score (nSPS) is 18.5. The van der Waals surface area contributed by atoms with E-state index in [1.54, 1.807) is 0 Å². The molecular weight excluding hydrogens is 314 g/mol. The molecule has 7 heteroatoms. The SMILES string of the molecule is CC(N)CC(=O)N1CCCC1c1nc(-c2ccccc2)n[nH]1.Cl. The average Bonchev–Trinajstić information content (AvgIpc) is 3.16. The zero-order valence-corrected chi connectivity index (χ0v) is 13.9. The first-order valence-corrected chi connectivity index (χ1v) is 7.68. The van der Waals surface area contributed by atoms with Crippen molar-refractivity contribution in [2.45, 2.75) is 38.3 Å². The van der Waals surface area contributed by atoms with Gasteiger partial charge in [0.2, 0.25) is 5.91 Å². The van der Waals surface area contributed by atoms with Crippen LogP contribution in [-0.2, 0) is 4.79 Å². The predicted octanol–water partition coefficient (Wildman–Crippen LogP) is 2.29. The number of nitrogens with two attached hydrogens (primary N) is 1. The summed E-state index contributed by atoms with van der Waals surface area (Å²) in [5.74, 6) is 1.52. The molecule has 0 radical (unpaired) electrons. The van der Waals surface area contributed by atoms with Gasteiger partial charge in [0.25, 0.3) is 0 Å². The maximum atomic E-state index is 12.3. The van der Waals surface area contributed by atoms with Crippen LogP contribution in [0, 0.1) is 0 Å². The first-order valence-electron chi connectivity index (χ1n) is 7.68. The Hall–Kier alpha value is -1.92. The lowest BCUT2D eigenvalue weighted by atomic mass is 10.2. The van der Waals surface area contributed by atoms with Crippen LogP contribution in [0.1, 0.15) is 38.1 Å². The van der Waals surface area contributed by atoms with Gasteiger partial charge in [-0.1, -0.05) is 30.3 Å². The highest BCUT2D eigenvalue weighted by Crippen LogP contribution is 2.31. The van der Waals surface area contributed by atoms with Gasteiger partial charge in [0.05, 0.1) is 6.04 Å². The van der Waals surface area contributed by atoms with E-state index in [1.807, 2.05) is 42.2 Å². The number of halogens is 1. The topological polar surface area (TPSA) is 87.9 Å². The summed E-state index contributed by atoms with van der Waals surface area (Å²) in [4.78, 5) is 18.8. The van der Waals surface area contributed by atoms with Gasteiger partial charge in [-0.05, 0) is 19.8 Å². The third kappa shape index (κ3) is 3.89. The minimum absolute atomic E-state index is 0. The summed E-state index contributed by atoms with van der Waals surface area (Å²) >= 11 is 0. The van der Waals surface area contributed by atoms with E-state index in [0.29, 0.717) is 12.2 Å². The van der Waals surface area contributed by atoms with Crippen LogP contribution in [0.5, 0.6) is 0 Å². The number of aromatic amines is 1. The fourth-order valence-corrected chi connectivity index (χ4v) is 2.88. The lowest BCUT2D eigenvalue weighted by Crippen LogP contribution is -2.34. The van der Waals surface area contributed by atoms with Crippen LogP contribution in [0.15, 0.2) is 30.3 Å². The molecule has 3 rings (SSSR count). The summed E-state index contributed by atoms with van der Waals surface area (Å²) in [7, 11) is 0. The van der Waals surface area contributed by atoms with Crippen LogP contribution in [0.3, 0.4) is 0 Å². The maximum Gasteiger partial charge on any atom is 0.224 e. The number of H-pyrrole nitrogens is 1. The Morgan fingerprint density at radius 3 is 2.87 bits per heavy atom. The number of benzene rings is 1. The molecule has 2 heterocycles. The molecule has 0 spiro atoms. The van der Waals surface area contributed by atoms with Gasteiger partial charge < -0.3 is 10.6 Å². The van der Waals surface area contributed by atoms with Gasteiger partial charge in [-0.15, -0.1) is 12.4 Å². The van der Waals surface area contributed by atoms with Crippen molar-refractivity contribution in [2.24, 2.45) is 5.73 Å². The first kappa shape index (κ1) is 17.4. The Balaban J connectivity index is 0.00000192. The number of hydrogen-bond acceptors (Lipinski definition) is 4. The molecule has 6 nitrogen and oxygen atoms in total. The monoisotopic (exact) mass is 335 g/mol. The molecule has 0 aliphatic carbocycles. The quantitative estimate of drug-likeness (QED) is 0.897. The molecule has 1 saturated heterocycles. The summed E-state index contributed by atoms with van der Waals surface area (Å²) in [6.45, 7) is 2.61. The van der Waals surface area contributed by atoms with Crippen molar-refractivity contribution < 1.29 is 4.79 Å². The zero-order valence-electron chi connectivity index (χ0n) is 13.1. The van der Waals surface area contributed by atoms with E-state index < -0.39 is 0 Å². The highest BCUT2D eigenvalue weighted by atomic mass is 35.5. The summed E-state index contributed by atoms with van der Waals surface area (Å²) < 4.78 is 0. The second-order valence-corrected chi connectivity index (χ2v) is 5.84. The molecule has 0 bridgehead atoms. The molecular formula is C16H22ClN5O. The molecule has 124 valence electrons. The molecule has 1 aliphatic heterocycles. The standard InChI is InChI=1S/C16H21N5O.ClH/c1-11(17)10-14(22)21-9-5-8-13(21)16-18-15(19-20-16)12-6-3-2-4-7-12;/h2-4,6-7,11,13H,5,8-10,17H2,1H3,(H,18,19,20);1H. The van der Waals surface area contributed by atoms with E-state index in [1.165, 1.54) is 0 Å². The fourth-order valence-electron chi connectivity index (χ4n) is 2.88. The largest absolute Gasteiger partial charge is 0.332 e. The zero-order chi connectivity index (χ0) is 15.5. The Morgan fingerprint density at radius 1 is 1.43 bits per heavy atom. The van der Waals surface area contributed by atoms with E-state index in [-0.39, 0.29) is 30.4 Å². The highest BCUT2D eigenvalue weighted by molar-refractivity contribution is 5.85. The summed E-state index contributed by atoms with van der Waals surface area (Å²) in [6, 6.07) is 9.68.